The average molecular weight is 498 g/mol. The van der Waals surface area contributed by atoms with Crippen LogP contribution in [0.15, 0.2) is 53.5 Å². The molecule has 35 heavy (non-hydrogen) atoms. The largest absolute Gasteiger partial charge is 0.367 e. The third kappa shape index (κ3) is 4.41. The van der Waals surface area contributed by atoms with Crippen LogP contribution in [0.4, 0.5) is 14.9 Å². The van der Waals surface area contributed by atoms with Gasteiger partial charge in [-0.25, -0.2) is 13.8 Å². The number of hydrogen-bond acceptors (Lipinski definition) is 5. The minimum Gasteiger partial charge on any atom is -0.367 e. The number of aliphatic imine (C=N–C) groups is 1. The first kappa shape index (κ1) is 23.4. The summed E-state index contributed by atoms with van der Waals surface area (Å²) < 4.78 is 16.2. The number of nitrogens with zero attached hydrogens (tertiary/aromatic N) is 6. The van der Waals surface area contributed by atoms with E-state index in [-0.39, 0.29) is 11.7 Å². The number of likely N-dealkylation sites (N-methyl/N-ethyl adjacent to an activating group) is 2. The number of carbonyl (C=O) groups excluding carboxylic acids is 2. The van der Waals surface area contributed by atoms with Crippen molar-refractivity contribution in [3.63, 3.8) is 0 Å². The fourth-order valence-electron chi connectivity index (χ4n) is 4.84. The Morgan fingerprint density at radius 1 is 1.03 bits per heavy atom. The molecule has 2 aromatic rings. The number of halogens is 2. The van der Waals surface area contributed by atoms with Crippen molar-refractivity contribution < 1.29 is 18.6 Å². The summed E-state index contributed by atoms with van der Waals surface area (Å²) in [6.45, 7) is 3.77. The van der Waals surface area contributed by atoms with Crippen LogP contribution < -0.4 is 4.90 Å². The van der Waals surface area contributed by atoms with Crippen LogP contribution in [0.1, 0.15) is 5.56 Å². The highest BCUT2D eigenvalue weighted by Crippen LogP contribution is 2.23. The molecule has 10 heteroatoms. The highest BCUT2D eigenvalue weighted by Gasteiger charge is 2.53. The zero-order chi connectivity index (χ0) is 24.7. The van der Waals surface area contributed by atoms with Crippen LogP contribution >= 0.6 is 11.6 Å². The number of fused-ring (bicyclic) bond motifs is 1. The third-order valence-electron chi connectivity index (χ3n) is 6.79. The molecule has 2 fully saturated rings. The van der Waals surface area contributed by atoms with Crippen LogP contribution in [0.5, 0.6) is 0 Å². The Labute approximate surface area is 208 Å². The summed E-state index contributed by atoms with van der Waals surface area (Å²) in [6.07, 6.45) is 0. The molecule has 3 aliphatic heterocycles. The van der Waals surface area contributed by atoms with Crippen molar-refractivity contribution in [2.45, 2.75) is 12.6 Å². The van der Waals surface area contributed by atoms with Crippen molar-refractivity contribution in [1.29, 1.82) is 0 Å². The predicted molar refractivity (Wildman–Crippen MR) is 133 cm³/mol. The van der Waals surface area contributed by atoms with Gasteiger partial charge < -0.3 is 4.90 Å². The molecule has 0 N–H and O–H groups in total. The van der Waals surface area contributed by atoms with Crippen molar-refractivity contribution in [3.05, 3.63) is 64.9 Å². The molecule has 0 spiro atoms. The van der Waals surface area contributed by atoms with Gasteiger partial charge in [0, 0.05) is 45.3 Å². The second-order valence-electron chi connectivity index (χ2n) is 9.00. The van der Waals surface area contributed by atoms with Gasteiger partial charge in [-0.05, 0) is 34.8 Å². The molecular formula is C25H27ClFN6O2+. The molecule has 0 aromatic heterocycles. The van der Waals surface area contributed by atoms with Gasteiger partial charge in [-0.3, -0.25) is 19.5 Å². The molecule has 8 nitrogen and oxygen atoms in total. The molecule has 3 amide bonds. The van der Waals surface area contributed by atoms with Gasteiger partial charge in [0.1, 0.15) is 18.9 Å². The van der Waals surface area contributed by atoms with E-state index in [0.717, 1.165) is 29.4 Å². The summed E-state index contributed by atoms with van der Waals surface area (Å²) in [5.74, 6) is 0.658. The summed E-state index contributed by atoms with van der Waals surface area (Å²) in [4.78, 5) is 37.4. The number of benzene rings is 2. The van der Waals surface area contributed by atoms with Crippen LogP contribution in [-0.2, 0) is 11.3 Å². The molecule has 182 valence electrons. The smallest absolute Gasteiger partial charge is 0.333 e. The van der Waals surface area contributed by atoms with Gasteiger partial charge in [0.2, 0.25) is 0 Å². The standard InChI is InChI=1S/C25H27ClFN6O2/c1-29-23-22(24(34)30(2)25(29)35)33(15-17-6-5-7-18(26)14-17)21(28-23)16-31-10-12-32(13-11-31)20-9-4-3-8-19(20)27/h3-9,14,22H,10-13,15-16H2,1-2H3/q+1. The lowest BCUT2D eigenvalue weighted by molar-refractivity contribution is -0.552. The minimum absolute atomic E-state index is 0.218. The Hall–Kier alpha value is -3.30. The van der Waals surface area contributed by atoms with Gasteiger partial charge in [0.05, 0.1) is 5.69 Å². The summed E-state index contributed by atoms with van der Waals surface area (Å²) in [5.41, 5.74) is 1.56. The van der Waals surface area contributed by atoms with Gasteiger partial charge in [0.15, 0.2) is 0 Å². The van der Waals surface area contributed by atoms with Gasteiger partial charge in [-0.1, -0.05) is 35.9 Å². The first-order chi connectivity index (χ1) is 16.8. The van der Waals surface area contributed by atoms with Crippen LogP contribution in [0.25, 0.3) is 0 Å². The number of hydrogen-bond donors (Lipinski definition) is 0. The van der Waals surface area contributed by atoms with Crippen molar-refractivity contribution in [1.82, 2.24) is 14.7 Å². The lowest BCUT2D eigenvalue weighted by Gasteiger charge is -2.35. The summed E-state index contributed by atoms with van der Waals surface area (Å²) in [7, 11) is 3.14. The van der Waals surface area contributed by atoms with Gasteiger partial charge in [-0.15, -0.1) is 0 Å². The normalized spacial score (nSPS) is 21.1. The second-order valence-corrected chi connectivity index (χ2v) is 9.44. The lowest BCUT2D eigenvalue weighted by atomic mass is 10.1. The van der Waals surface area contributed by atoms with Crippen LogP contribution in [0, 0.1) is 5.82 Å². The molecule has 3 heterocycles. The van der Waals surface area contributed by atoms with Gasteiger partial charge in [-0.2, -0.15) is 0 Å². The number of rotatable bonds is 5. The number of anilines is 1. The van der Waals surface area contributed by atoms with Gasteiger partial charge >= 0.3 is 11.9 Å². The average Bonchev–Trinajstić information content (AvgIpc) is 3.20. The van der Waals surface area contributed by atoms with Crippen LogP contribution in [0.3, 0.4) is 0 Å². The number of amidine groups is 2. The van der Waals surface area contributed by atoms with Crippen LogP contribution in [0.2, 0.25) is 5.02 Å². The monoisotopic (exact) mass is 497 g/mol. The minimum atomic E-state index is -0.670. The van der Waals surface area contributed by atoms with E-state index in [1.165, 1.54) is 18.0 Å². The van der Waals surface area contributed by atoms with Crippen molar-refractivity contribution >= 4 is 40.9 Å². The number of para-hydroxylation sites is 1. The number of carbonyl (C=O) groups is 2. The number of amides is 3. The SMILES string of the molecule is CN1C(=O)C2C(=NC(CN3CCN(c4ccccc4F)CC3)=[N+]2Cc2cccc(Cl)c2)N(C)C1=O. The maximum Gasteiger partial charge on any atom is 0.333 e. The molecule has 2 aromatic carbocycles. The fraction of sp³-hybridized carbons (Fsp3) is 0.360. The second kappa shape index (κ2) is 9.39. The van der Waals surface area contributed by atoms with E-state index in [1.807, 2.05) is 39.8 Å². The maximum absolute atomic E-state index is 14.2. The molecular weight excluding hydrogens is 471 g/mol. The van der Waals surface area contributed by atoms with Crippen LogP contribution in [-0.4, -0.2) is 95.7 Å². The number of piperazine rings is 1. The first-order valence-electron chi connectivity index (χ1n) is 11.6. The highest BCUT2D eigenvalue weighted by molar-refractivity contribution is 6.30. The zero-order valence-electron chi connectivity index (χ0n) is 19.7. The Morgan fingerprint density at radius 3 is 2.49 bits per heavy atom. The number of urea groups is 1. The van der Waals surface area contributed by atoms with Crippen molar-refractivity contribution in [3.8, 4) is 0 Å². The van der Waals surface area contributed by atoms with E-state index in [2.05, 4.69) is 4.90 Å². The quantitative estimate of drug-likeness (QED) is 0.596. The van der Waals surface area contributed by atoms with E-state index in [1.54, 1.807) is 19.2 Å². The zero-order valence-corrected chi connectivity index (χ0v) is 20.5. The summed E-state index contributed by atoms with van der Waals surface area (Å²) in [6, 6.07) is 13.3. The Kier molecular flexibility index (Phi) is 6.29. The molecule has 0 saturated carbocycles. The Morgan fingerprint density at radius 2 is 1.77 bits per heavy atom. The molecule has 1 atom stereocenters. The van der Waals surface area contributed by atoms with E-state index in [9.17, 15) is 14.0 Å². The Balaban J connectivity index is 1.40. The molecule has 3 aliphatic rings. The number of imide groups is 1. The summed E-state index contributed by atoms with van der Waals surface area (Å²) >= 11 is 6.21. The van der Waals surface area contributed by atoms with Gasteiger partial charge in [0.25, 0.3) is 17.8 Å². The van der Waals surface area contributed by atoms with E-state index >= 15 is 0 Å². The van der Waals surface area contributed by atoms with E-state index in [0.29, 0.717) is 42.7 Å². The summed E-state index contributed by atoms with van der Waals surface area (Å²) in [5, 5.41) is 0.619. The Bertz CT molecular complexity index is 1240. The molecule has 0 radical (unpaired) electrons. The lowest BCUT2D eigenvalue weighted by Crippen LogP contribution is -2.61. The maximum atomic E-state index is 14.2. The predicted octanol–water partition coefficient (Wildman–Crippen LogP) is 2.52. The first-order valence-corrected chi connectivity index (χ1v) is 11.9. The third-order valence-corrected chi connectivity index (χ3v) is 7.02. The van der Waals surface area contributed by atoms with E-state index in [4.69, 9.17) is 16.6 Å². The molecule has 2 saturated heterocycles. The van der Waals surface area contributed by atoms with Crippen molar-refractivity contribution in [2.75, 3.05) is 51.7 Å². The van der Waals surface area contributed by atoms with Crippen molar-refractivity contribution in [2.24, 2.45) is 4.99 Å². The molecule has 5 rings (SSSR count). The molecule has 1 unspecified atom stereocenters. The van der Waals surface area contributed by atoms with E-state index < -0.39 is 12.1 Å². The topological polar surface area (TPSA) is 62.5 Å². The fourth-order valence-corrected chi connectivity index (χ4v) is 5.06. The molecule has 0 bridgehead atoms. The molecule has 0 aliphatic carbocycles. The highest BCUT2D eigenvalue weighted by atomic mass is 35.5.